The predicted octanol–water partition coefficient (Wildman–Crippen LogP) is 3.68. The lowest BCUT2D eigenvalue weighted by Crippen LogP contribution is -2.58. The lowest BCUT2D eigenvalue weighted by molar-refractivity contribution is -0.145. The quantitative estimate of drug-likeness (QED) is 0.395. The van der Waals surface area contributed by atoms with Crippen molar-refractivity contribution in [3.63, 3.8) is 0 Å². The maximum absolute atomic E-state index is 14.4. The van der Waals surface area contributed by atoms with E-state index in [-0.39, 0.29) is 29.8 Å². The fourth-order valence-corrected chi connectivity index (χ4v) is 7.16. The Morgan fingerprint density at radius 2 is 1.80 bits per heavy atom. The number of fused-ring (bicyclic) bond motifs is 6. The number of likely N-dealkylation sites (N-methyl/N-ethyl adjacent to an activating group) is 1. The standard InChI is InChI=1S/C32H39N5O3/c1-18(33-4)29(38)36-25-16-22-21-13-7-8-14-24(21)34-27(22)26-17-32(2,3)28(37(26)31(25)40)30(39)35-23-15-9-11-19-10-5-6-12-20(19)23/h5-8,10,12-14,18,23,25-26,28,33-34H,9,11,15-17H2,1-4H3,(H,35,39)(H,36,38)/t18-,23+,25-,26+,28-/m0/s1. The Hall–Kier alpha value is -3.65. The molecule has 210 valence electrons. The number of hydrogen-bond acceptors (Lipinski definition) is 4. The molecule has 0 spiro atoms. The zero-order chi connectivity index (χ0) is 28.2. The molecule has 2 aliphatic heterocycles. The summed E-state index contributed by atoms with van der Waals surface area (Å²) in [5.41, 5.74) is 4.98. The Morgan fingerprint density at radius 1 is 1.05 bits per heavy atom. The highest BCUT2D eigenvalue weighted by atomic mass is 16.2. The van der Waals surface area contributed by atoms with Gasteiger partial charge in [-0.1, -0.05) is 56.3 Å². The molecule has 0 radical (unpaired) electrons. The van der Waals surface area contributed by atoms with Gasteiger partial charge in [0, 0.05) is 23.0 Å². The minimum atomic E-state index is -0.772. The van der Waals surface area contributed by atoms with Gasteiger partial charge in [-0.15, -0.1) is 0 Å². The minimum absolute atomic E-state index is 0.0787. The summed E-state index contributed by atoms with van der Waals surface area (Å²) in [5, 5.41) is 10.4. The Labute approximate surface area is 235 Å². The van der Waals surface area contributed by atoms with Crippen LogP contribution in [0.4, 0.5) is 0 Å². The second-order valence-corrected chi connectivity index (χ2v) is 12.3. The number of H-pyrrole nitrogens is 1. The largest absolute Gasteiger partial charge is 0.356 e. The van der Waals surface area contributed by atoms with Crippen LogP contribution in [0.2, 0.25) is 0 Å². The molecule has 6 rings (SSSR count). The van der Waals surface area contributed by atoms with Gasteiger partial charge in [0.25, 0.3) is 0 Å². The predicted molar refractivity (Wildman–Crippen MR) is 154 cm³/mol. The number of nitrogens with zero attached hydrogens (tertiary/aromatic N) is 1. The van der Waals surface area contributed by atoms with Crippen LogP contribution >= 0.6 is 0 Å². The van der Waals surface area contributed by atoms with Gasteiger partial charge >= 0.3 is 0 Å². The van der Waals surface area contributed by atoms with Gasteiger partial charge in [0.2, 0.25) is 17.7 Å². The van der Waals surface area contributed by atoms with Gasteiger partial charge in [-0.3, -0.25) is 14.4 Å². The Bertz CT molecular complexity index is 1480. The number of nitrogens with one attached hydrogen (secondary N) is 4. The third kappa shape index (κ3) is 4.38. The first-order chi connectivity index (χ1) is 19.2. The summed E-state index contributed by atoms with van der Waals surface area (Å²) < 4.78 is 0. The van der Waals surface area contributed by atoms with Gasteiger partial charge in [-0.25, -0.2) is 0 Å². The maximum Gasteiger partial charge on any atom is 0.246 e. The number of aryl methyl sites for hydroxylation is 1. The van der Waals surface area contributed by atoms with Crippen molar-refractivity contribution in [2.45, 2.75) is 83.1 Å². The summed E-state index contributed by atoms with van der Waals surface area (Å²) in [6, 6.07) is 14.1. The van der Waals surface area contributed by atoms with Crippen molar-refractivity contribution >= 4 is 28.6 Å². The molecular weight excluding hydrogens is 502 g/mol. The van der Waals surface area contributed by atoms with Crippen LogP contribution in [0.15, 0.2) is 48.5 Å². The molecule has 40 heavy (non-hydrogen) atoms. The number of aromatic amines is 1. The van der Waals surface area contributed by atoms with Crippen LogP contribution in [0.5, 0.6) is 0 Å². The van der Waals surface area contributed by atoms with Crippen molar-refractivity contribution in [2.24, 2.45) is 5.41 Å². The summed E-state index contributed by atoms with van der Waals surface area (Å²) in [4.78, 5) is 46.9. The van der Waals surface area contributed by atoms with E-state index in [1.165, 1.54) is 11.1 Å². The third-order valence-corrected chi connectivity index (χ3v) is 9.29. The van der Waals surface area contributed by atoms with Crippen LogP contribution in [0.3, 0.4) is 0 Å². The minimum Gasteiger partial charge on any atom is -0.356 e. The van der Waals surface area contributed by atoms with Crippen LogP contribution in [0, 0.1) is 5.41 Å². The van der Waals surface area contributed by atoms with Crippen molar-refractivity contribution in [1.29, 1.82) is 0 Å². The van der Waals surface area contributed by atoms with Crippen molar-refractivity contribution < 1.29 is 14.4 Å². The highest BCUT2D eigenvalue weighted by Crippen LogP contribution is 2.51. The molecule has 1 aromatic heterocycles. The number of aromatic nitrogens is 1. The zero-order valence-electron chi connectivity index (χ0n) is 23.7. The van der Waals surface area contributed by atoms with Crippen molar-refractivity contribution in [1.82, 2.24) is 25.8 Å². The van der Waals surface area contributed by atoms with E-state index in [1.807, 2.05) is 30.3 Å². The second-order valence-electron chi connectivity index (χ2n) is 12.3. The Balaban J connectivity index is 1.40. The van der Waals surface area contributed by atoms with Crippen molar-refractivity contribution in [3.8, 4) is 0 Å². The molecule has 0 bridgehead atoms. The highest BCUT2D eigenvalue weighted by Gasteiger charge is 2.56. The number of para-hydroxylation sites is 1. The van der Waals surface area contributed by atoms with Gasteiger partial charge in [0.15, 0.2) is 0 Å². The first-order valence-electron chi connectivity index (χ1n) is 14.5. The molecule has 0 saturated carbocycles. The molecule has 8 nitrogen and oxygen atoms in total. The van der Waals surface area contributed by atoms with E-state index in [0.29, 0.717) is 12.8 Å². The molecule has 1 fully saturated rings. The molecule has 3 heterocycles. The molecule has 3 aliphatic rings. The first-order valence-corrected chi connectivity index (χ1v) is 14.5. The molecule has 2 aromatic carbocycles. The van der Waals surface area contributed by atoms with Crippen molar-refractivity contribution in [3.05, 3.63) is 70.9 Å². The van der Waals surface area contributed by atoms with Gasteiger partial charge in [-0.2, -0.15) is 0 Å². The molecule has 5 atom stereocenters. The third-order valence-electron chi connectivity index (χ3n) is 9.29. The summed E-state index contributed by atoms with van der Waals surface area (Å²) in [6.07, 6.45) is 3.92. The van der Waals surface area contributed by atoms with Crippen molar-refractivity contribution in [2.75, 3.05) is 7.05 Å². The van der Waals surface area contributed by atoms with Crippen LogP contribution in [-0.2, 0) is 27.2 Å². The zero-order valence-corrected chi connectivity index (χ0v) is 23.7. The molecule has 1 saturated heterocycles. The number of amides is 3. The van der Waals surface area contributed by atoms with E-state index in [2.05, 4.69) is 53.0 Å². The van der Waals surface area contributed by atoms with Crippen LogP contribution in [-0.4, -0.2) is 52.8 Å². The van der Waals surface area contributed by atoms with E-state index in [0.717, 1.165) is 41.4 Å². The molecule has 3 amide bonds. The lowest BCUT2D eigenvalue weighted by atomic mass is 9.81. The smallest absolute Gasteiger partial charge is 0.246 e. The van der Waals surface area contributed by atoms with Gasteiger partial charge in [0.1, 0.15) is 12.1 Å². The molecule has 3 aromatic rings. The van der Waals surface area contributed by atoms with Gasteiger partial charge < -0.3 is 25.8 Å². The van der Waals surface area contributed by atoms with E-state index in [9.17, 15) is 14.4 Å². The number of hydrogen-bond donors (Lipinski definition) is 4. The average molecular weight is 542 g/mol. The molecule has 0 unspecified atom stereocenters. The number of rotatable bonds is 5. The summed E-state index contributed by atoms with van der Waals surface area (Å²) >= 11 is 0. The number of carbonyl (C=O) groups excluding carboxylic acids is 3. The van der Waals surface area contributed by atoms with Crippen LogP contribution < -0.4 is 16.0 Å². The van der Waals surface area contributed by atoms with E-state index in [4.69, 9.17) is 0 Å². The molecule has 8 heteroatoms. The van der Waals surface area contributed by atoms with Gasteiger partial charge in [0.05, 0.1) is 18.1 Å². The van der Waals surface area contributed by atoms with E-state index < -0.39 is 23.5 Å². The Kier molecular flexibility index (Phi) is 6.69. The highest BCUT2D eigenvalue weighted by molar-refractivity contribution is 5.96. The normalized spacial score (nSPS) is 25.9. The topological polar surface area (TPSA) is 106 Å². The second kappa shape index (κ2) is 10.1. The Morgan fingerprint density at radius 3 is 2.60 bits per heavy atom. The fraction of sp³-hybridized carbons (Fsp3) is 0.469. The lowest BCUT2D eigenvalue weighted by Gasteiger charge is -2.36. The van der Waals surface area contributed by atoms with Crippen LogP contribution in [0.1, 0.15) is 74.5 Å². The summed E-state index contributed by atoms with van der Waals surface area (Å²) in [7, 11) is 1.72. The van der Waals surface area contributed by atoms with E-state index >= 15 is 0 Å². The average Bonchev–Trinajstić information content (AvgIpc) is 3.42. The monoisotopic (exact) mass is 541 g/mol. The molecule has 1 aliphatic carbocycles. The summed E-state index contributed by atoms with van der Waals surface area (Å²) in [5.74, 6) is -0.570. The first kappa shape index (κ1) is 26.6. The SMILES string of the molecule is CN[C@@H](C)C(=O)N[C@H]1Cc2c([nH]c3ccccc23)[C@H]2CC(C)(C)[C@H](C(=O)N[C@@H]3CCCc4ccccc43)N2C1=O. The molecular formula is C32H39N5O3. The summed E-state index contributed by atoms with van der Waals surface area (Å²) in [6.45, 7) is 5.92. The fourth-order valence-electron chi connectivity index (χ4n) is 7.16. The van der Waals surface area contributed by atoms with Gasteiger partial charge in [-0.05, 0) is 67.8 Å². The number of benzene rings is 2. The van der Waals surface area contributed by atoms with E-state index in [1.54, 1.807) is 18.9 Å². The number of carbonyl (C=O) groups is 3. The molecule has 4 N–H and O–H groups in total. The van der Waals surface area contributed by atoms with Crippen LogP contribution in [0.25, 0.3) is 10.9 Å². The maximum atomic E-state index is 14.4.